The number of aryl methyl sites for hydroxylation is 1. The number of amides is 1. The van der Waals surface area contributed by atoms with Crippen molar-refractivity contribution in [3.63, 3.8) is 0 Å². The number of nitrogens with two attached hydrogens (primary N) is 1. The Labute approximate surface area is 93.3 Å². The third kappa shape index (κ3) is 2.04. The maximum Gasteiger partial charge on any atom is 0.231 e. The highest BCUT2D eigenvalue weighted by Crippen LogP contribution is 2.13. The first-order valence-corrected chi connectivity index (χ1v) is 5.08. The standard InChI is InChI=1S/C11H14N4O/c1-15-9-5-3-2-4-8(9)14-11(15)7-13-6-10(12)16/h2-5,13H,6-7H2,1H3,(H2,12,16). The number of hydrogen-bond donors (Lipinski definition) is 2. The lowest BCUT2D eigenvalue weighted by Gasteiger charge is -2.02. The quantitative estimate of drug-likeness (QED) is 0.767. The number of imidazole rings is 1. The molecule has 0 aliphatic heterocycles. The first-order chi connectivity index (χ1) is 7.68. The van der Waals surface area contributed by atoms with Gasteiger partial charge in [-0.1, -0.05) is 12.1 Å². The van der Waals surface area contributed by atoms with Gasteiger partial charge in [-0.2, -0.15) is 0 Å². The van der Waals surface area contributed by atoms with E-state index in [1.54, 1.807) is 0 Å². The fourth-order valence-electron chi connectivity index (χ4n) is 1.65. The van der Waals surface area contributed by atoms with Gasteiger partial charge in [-0.3, -0.25) is 4.79 Å². The zero-order valence-electron chi connectivity index (χ0n) is 9.10. The van der Waals surface area contributed by atoms with Crippen LogP contribution >= 0.6 is 0 Å². The molecule has 1 aromatic heterocycles. The van der Waals surface area contributed by atoms with Crippen LogP contribution in [0.2, 0.25) is 0 Å². The molecule has 5 heteroatoms. The Balaban J connectivity index is 2.18. The van der Waals surface area contributed by atoms with E-state index in [1.165, 1.54) is 0 Å². The molecule has 84 valence electrons. The van der Waals surface area contributed by atoms with Crippen LogP contribution in [-0.4, -0.2) is 22.0 Å². The minimum Gasteiger partial charge on any atom is -0.369 e. The van der Waals surface area contributed by atoms with E-state index < -0.39 is 0 Å². The zero-order valence-corrected chi connectivity index (χ0v) is 9.10. The average Bonchev–Trinajstić information content (AvgIpc) is 2.56. The van der Waals surface area contributed by atoms with E-state index >= 15 is 0 Å². The van der Waals surface area contributed by atoms with Gasteiger partial charge < -0.3 is 15.6 Å². The molecule has 5 nitrogen and oxygen atoms in total. The zero-order chi connectivity index (χ0) is 11.5. The van der Waals surface area contributed by atoms with E-state index in [0.29, 0.717) is 6.54 Å². The maximum absolute atomic E-state index is 10.6. The number of primary amides is 1. The minimum absolute atomic E-state index is 0.170. The van der Waals surface area contributed by atoms with Gasteiger partial charge in [-0.15, -0.1) is 0 Å². The molecule has 3 N–H and O–H groups in total. The van der Waals surface area contributed by atoms with E-state index in [1.807, 2.05) is 35.9 Å². The third-order valence-electron chi connectivity index (χ3n) is 2.46. The van der Waals surface area contributed by atoms with Gasteiger partial charge >= 0.3 is 0 Å². The second-order valence-corrected chi connectivity index (χ2v) is 3.65. The second-order valence-electron chi connectivity index (χ2n) is 3.65. The molecule has 2 rings (SSSR count). The Bertz CT molecular complexity index is 518. The van der Waals surface area contributed by atoms with Gasteiger partial charge in [0.2, 0.25) is 5.91 Å². The molecule has 1 heterocycles. The fraction of sp³-hybridized carbons (Fsp3) is 0.273. The van der Waals surface area contributed by atoms with Crippen molar-refractivity contribution in [2.45, 2.75) is 6.54 Å². The van der Waals surface area contributed by atoms with E-state index in [2.05, 4.69) is 10.3 Å². The van der Waals surface area contributed by atoms with Crippen molar-refractivity contribution in [2.24, 2.45) is 12.8 Å². The molecule has 0 atom stereocenters. The van der Waals surface area contributed by atoms with Crippen LogP contribution in [0.1, 0.15) is 5.82 Å². The van der Waals surface area contributed by atoms with Gasteiger partial charge in [-0.25, -0.2) is 4.98 Å². The predicted octanol–water partition coefficient (Wildman–Crippen LogP) is 0.148. The molecule has 1 aromatic carbocycles. The summed E-state index contributed by atoms with van der Waals surface area (Å²) in [6, 6.07) is 7.91. The SMILES string of the molecule is Cn1c(CNCC(N)=O)nc2ccccc21. The van der Waals surface area contributed by atoms with Crippen LogP contribution in [0.4, 0.5) is 0 Å². The normalized spacial score (nSPS) is 10.8. The van der Waals surface area contributed by atoms with Crippen molar-refractivity contribution >= 4 is 16.9 Å². The largest absolute Gasteiger partial charge is 0.369 e. The van der Waals surface area contributed by atoms with Crippen LogP contribution < -0.4 is 11.1 Å². The lowest BCUT2D eigenvalue weighted by molar-refractivity contribution is -0.117. The van der Waals surface area contributed by atoms with Crippen LogP contribution in [0.15, 0.2) is 24.3 Å². The number of nitrogens with zero attached hydrogens (tertiary/aromatic N) is 2. The highest BCUT2D eigenvalue weighted by atomic mass is 16.1. The van der Waals surface area contributed by atoms with Crippen LogP contribution in [-0.2, 0) is 18.4 Å². The molecule has 0 radical (unpaired) electrons. The van der Waals surface area contributed by atoms with E-state index in [-0.39, 0.29) is 12.5 Å². The summed E-state index contributed by atoms with van der Waals surface area (Å²) in [5.41, 5.74) is 7.08. The Kier molecular flexibility index (Phi) is 2.87. The number of benzene rings is 1. The summed E-state index contributed by atoms with van der Waals surface area (Å²) < 4.78 is 2.00. The lowest BCUT2D eigenvalue weighted by atomic mass is 10.3. The van der Waals surface area contributed by atoms with Crippen molar-refractivity contribution in [3.8, 4) is 0 Å². The summed E-state index contributed by atoms with van der Waals surface area (Å²) in [4.78, 5) is 15.0. The second kappa shape index (κ2) is 4.32. The van der Waals surface area contributed by atoms with E-state index in [0.717, 1.165) is 16.9 Å². The summed E-state index contributed by atoms with van der Waals surface area (Å²) in [6.45, 7) is 0.706. The summed E-state index contributed by atoms with van der Waals surface area (Å²) in [6.07, 6.45) is 0. The monoisotopic (exact) mass is 218 g/mol. The molecule has 0 fully saturated rings. The first-order valence-electron chi connectivity index (χ1n) is 5.08. The van der Waals surface area contributed by atoms with Crippen molar-refractivity contribution in [1.29, 1.82) is 0 Å². The van der Waals surface area contributed by atoms with Crippen LogP contribution in [0.3, 0.4) is 0 Å². The molecule has 0 unspecified atom stereocenters. The topological polar surface area (TPSA) is 72.9 Å². The smallest absolute Gasteiger partial charge is 0.231 e. The first kappa shape index (κ1) is 10.6. The van der Waals surface area contributed by atoms with E-state index in [4.69, 9.17) is 5.73 Å². The summed E-state index contributed by atoms with van der Waals surface area (Å²) in [5, 5.41) is 2.95. The molecule has 16 heavy (non-hydrogen) atoms. The van der Waals surface area contributed by atoms with Crippen LogP contribution in [0, 0.1) is 0 Å². The molecule has 0 aliphatic rings. The maximum atomic E-state index is 10.6. The van der Waals surface area contributed by atoms with Gasteiger partial charge in [0.05, 0.1) is 24.1 Å². The summed E-state index contributed by atoms with van der Waals surface area (Å²) in [5.74, 6) is 0.529. The van der Waals surface area contributed by atoms with Gasteiger partial charge in [0.25, 0.3) is 0 Å². The predicted molar refractivity (Wildman–Crippen MR) is 61.6 cm³/mol. The molecule has 1 amide bonds. The highest BCUT2D eigenvalue weighted by molar-refractivity contribution is 5.76. The Hall–Kier alpha value is -1.88. The minimum atomic E-state index is -0.362. The number of hydrogen-bond acceptors (Lipinski definition) is 3. The van der Waals surface area contributed by atoms with Crippen molar-refractivity contribution in [1.82, 2.24) is 14.9 Å². The molecule has 2 aromatic rings. The summed E-state index contributed by atoms with van der Waals surface area (Å²) in [7, 11) is 1.95. The van der Waals surface area contributed by atoms with Crippen molar-refractivity contribution in [3.05, 3.63) is 30.1 Å². The number of carbonyl (C=O) groups excluding carboxylic acids is 1. The summed E-state index contributed by atoms with van der Waals surface area (Å²) >= 11 is 0. The number of rotatable bonds is 4. The molecular weight excluding hydrogens is 204 g/mol. The highest BCUT2D eigenvalue weighted by Gasteiger charge is 2.06. The molecular formula is C11H14N4O. The van der Waals surface area contributed by atoms with Crippen molar-refractivity contribution in [2.75, 3.05) is 6.54 Å². The van der Waals surface area contributed by atoms with Gasteiger partial charge in [0.1, 0.15) is 5.82 Å². The van der Waals surface area contributed by atoms with Gasteiger partial charge in [0, 0.05) is 7.05 Å². The van der Waals surface area contributed by atoms with Gasteiger partial charge in [-0.05, 0) is 12.1 Å². The van der Waals surface area contributed by atoms with E-state index in [9.17, 15) is 4.79 Å². The number of nitrogens with one attached hydrogen (secondary N) is 1. The number of fused-ring (bicyclic) bond motifs is 1. The molecule has 0 saturated heterocycles. The van der Waals surface area contributed by atoms with Gasteiger partial charge in [0.15, 0.2) is 0 Å². The third-order valence-corrected chi connectivity index (χ3v) is 2.46. The number of aromatic nitrogens is 2. The Morgan fingerprint density at radius 3 is 2.94 bits per heavy atom. The van der Waals surface area contributed by atoms with Crippen LogP contribution in [0.25, 0.3) is 11.0 Å². The molecule has 0 saturated carbocycles. The Morgan fingerprint density at radius 1 is 1.50 bits per heavy atom. The molecule has 0 bridgehead atoms. The molecule has 0 spiro atoms. The average molecular weight is 218 g/mol. The number of para-hydroxylation sites is 2. The number of carbonyl (C=O) groups is 1. The Morgan fingerprint density at radius 2 is 2.25 bits per heavy atom. The lowest BCUT2D eigenvalue weighted by Crippen LogP contribution is -2.28. The van der Waals surface area contributed by atoms with Crippen LogP contribution in [0.5, 0.6) is 0 Å². The van der Waals surface area contributed by atoms with Crippen molar-refractivity contribution < 1.29 is 4.79 Å². The fourth-order valence-corrected chi connectivity index (χ4v) is 1.65. The molecule has 0 aliphatic carbocycles.